The zero-order valence-electron chi connectivity index (χ0n) is 9.33. The van der Waals surface area contributed by atoms with Crippen molar-refractivity contribution in [1.29, 1.82) is 0 Å². The summed E-state index contributed by atoms with van der Waals surface area (Å²) in [5, 5.41) is 19.0. The molecule has 1 atom stereocenters. The average Bonchev–Trinajstić information content (AvgIpc) is 2.17. The fourth-order valence-corrected chi connectivity index (χ4v) is 2.05. The molecule has 0 spiro atoms. The van der Waals surface area contributed by atoms with E-state index in [0.29, 0.717) is 19.5 Å². The van der Waals surface area contributed by atoms with E-state index in [-0.39, 0.29) is 6.04 Å². The zero-order valence-corrected chi connectivity index (χ0v) is 9.33. The van der Waals surface area contributed by atoms with E-state index in [2.05, 4.69) is 0 Å². The van der Waals surface area contributed by atoms with Gasteiger partial charge < -0.3 is 24.5 Å². The summed E-state index contributed by atoms with van der Waals surface area (Å²) in [6.07, 6.45) is 1.26. The van der Waals surface area contributed by atoms with Crippen LogP contribution in [0.4, 0.5) is 0 Å². The summed E-state index contributed by atoms with van der Waals surface area (Å²) in [7, 11) is -1.03. The highest BCUT2D eigenvalue weighted by Crippen LogP contribution is 2.13. The van der Waals surface area contributed by atoms with Gasteiger partial charge in [0.15, 0.2) is 0 Å². The van der Waals surface area contributed by atoms with Crippen LogP contribution in [0, 0.1) is 0 Å². The molecule has 0 bridgehead atoms. The first-order valence-electron chi connectivity index (χ1n) is 5.35. The smallest absolute Gasteiger partial charge is 0.376 e. The maximum Gasteiger partial charge on any atom is 0.376 e. The number of piperazine rings is 1. The number of rotatable bonds is 4. The number of carbonyl (C=O) groups is 1. The SMILES string of the molecule is CB(O)N1CCN(B(C)O)[C@@H](CC=O)C1. The van der Waals surface area contributed by atoms with Crippen LogP contribution in [-0.2, 0) is 4.79 Å². The summed E-state index contributed by atoms with van der Waals surface area (Å²) in [6, 6.07) is 0.00542. The van der Waals surface area contributed by atoms with Gasteiger partial charge in [0.1, 0.15) is 6.29 Å². The van der Waals surface area contributed by atoms with Gasteiger partial charge in [0.05, 0.1) is 0 Å². The van der Waals surface area contributed by atoms with Gasteiger partial charge in [-0.25, -0.2) is 0 Å². The molecule has 0 aliphatic carbocycles. The molecule has 1 aliphatic rings. The van der Waals surface area contributed by atoms with E-state index < -0.39 is 14.1 Å². The first kappa shape index (κ1) is 12.7. The highest BCUT2D eigenvalue weighted by Gasteiger charge is 2.33. The molecule has 1 heterocycles. The molecule has 1 saturated heterocycles. The minimum absolute atomic E-state index is 0.00542. The fraction of sp³-hybridized carbons (Fsp3) is 0.875. The van der Waals surface area contributed by atoms with E-state index in [1.807, 2.05) is 9.62 Å². The van der Waals surface area contributed by atoms with Crippen LogP contribution >= 0.6 is 0 Å². The van der Waals surface area contributed by atoms with Gasteiger partial charge in [0.2, 0.25) is 0 Å². The van der Waals surface area contributed by atoms with Gasteiger partial charge in [-0.15, -0.1) is 0 Å². The molecule has 0 aromatic carbocycles. The van der Waals surface area contributed by atoms with Gasteiger partial charge in [0.25, 0.3) is 0 Å². The Bertz CT molecular complexity index is 216. The van der Waals surface area contributed by atoms with Crippen molar-refractivity contribution in [2.45, 2.75) is 26.1 Å². The van der Waals surface area contributed by atoms with E-state index in [0.717, 1.165) is 12.8 Å². The minimum Gasteiger partial charge on any atom is -0.437 e. The Morgan fingerprint density at radius 2 is 2.00 bits per heavy atom. The molecule has 15 heavy (non-hydrogen) atoms. The Morgan fingerprint density at radius 1 is 1.33 bits per heavy atom. The van der Waals surface area contributed by atoms with Crippen LogP contribution in [0.1, 0.15) is 6.42 Å². The lowest BCUT2D eigenvalue weighted by Gasteiger charge is -2.42. The quantitative estimate of drug-likeness (QED) is 0.451. The highest BCUT2D eigenvalue weighted by molar-refractivity contribution is 6.46. The molecule has 0 aromatic rings. The summed E-state index contributed by atoms with van der Waals surface area (Å²) in [6.45, 7) is 5.45. The summed E-state index contributed by atoms with van der Waals surface area (Å²) in [4.78, 5) is 14.3. The number of carbonyl (C=O) groups excluding carboxylic acids is 1. The van der Waals surface area contributed by atoms with Crippen LogP contribution in [0.5, 0.6) is 0 Å². The fourth-order valence-electron chi connectivity index (χ4n) is 2.05. The van der Waals surface area contributed by atoms with Crippen molar-refractivity contribution in [2.75, 3.05) is 19.6 Å². The lowest BCUT2D eigenvalue weighted by atomic mass is 9.78. The third kappa shape index (κ3) is 3.31. The van der Waals surface area contributed by atoms with Crippen LogP contribution in [0.2, 0.25) is 13.6 Å². The highest BCUT2D eigenvalue weighted by atomic mass is 16.2. The van der Waals surface area contributed by atoms with Crippen LogP contribution in [0.25, 0.3) is 0 Å². The van der Waals surface area contributed by atoms with E-state index >= 15 is 0 Å². The molecular formula is C8H18B2N2O3. The van der Waals surface area contributed by atoms with E-state index in [1.165, 1.54) is 0 Å². The Morgan fingerprint density at radius 3 is 2.47 bits per heavy atom. The third-order valence-electron chi connectivity index (χ3n) is 2.94. The number of nitrogens with zero attached hydrogens (tertiary/aromatic N) is 2. The first-order chi connectivity index (χ1) is 7.06. The van der Waals surface area contributed by atoms with Crippen molar-refractivity contribution in [1.82, 2.24) is 9.62 Å². The average molecular weight is 212 g/mol. The van der Waals surface area contributed by atoms with Gasteiger partial charge in [-0.1, -0.05) is 0 Å². The summed E-state index contributed by atoms with van der Waals surface area (Å²) in [5.41, 5.74) is 0. The largest absolute Gasteiger partial charge is 0.437 e. The summed E-state index contributed by atoms with van der Waals surface area (Å²) >= 11 is 0. The van der Waals surface area contributed by atoms with Crippen LogP contribution in [0.3, 0.4) is 0 Å². The second kappa shape index (κ2) is 5.65. The van der Waals surface area contributed by atoms with Crippen molar-refractivity contribution in [3.63, 3.8) is 0 Å². The van der Waals surface area contributed by atoms with E-state index in [4.69, 9.17) is 0 Å². The Labute approximate surface area is 91.3 Å². The predicted molar refractivity (Wildman–Crippen MR) is 60.4 cm³/mol. The lowest BCUT2D eigenvalue weighted by Crippen LogP contribution is -2.60. The zero-order chi connectivity index (χ0) is 11.4. The number of aldehydes is 1. The number of hydrogen-bond donors (Lipinski definition) is 2. The van der Waals surface area contributed by atoms with Gasteiger partial charge in [-0.3, -0.25) is 0 Å². The van der Waals surface area contributed by atoms with Gasteiger partial charge in [-0.05, 0) is 13.6 Å². The number of hydrogen-bond acceptors (Lipinski definition) is 5. The molecule has 1 fully saturated rings. The van der Waals surface area contributed by atoms with Gasteiger partial charge >= 0.3 is 14.1 Å². The molecule has 0 unspecified atom stereocenters. The normalized spacial score (nSPS) is 23.9. The maximum atomic E-state index is 10.5. The lowest BCUT2D eigenvalue weighted by molar-refractivity contribution is -0.108. The minimum atomic E-state index is -0.536. The Hall–Kier alpha value is -0.360. The van der Waals surface area contributed by atoms with Crippen molar-refractivity contribution in [2.24, 2.45) is 0 Å². The van der Waals surface area contributed by atoms with Crippen LogP contribution in [-0.4, -0.2) is 65.7 Å². The summed E-state index contributed by atoms with van der Waals surface area (Å²) < 4.78 is 0. The topological polar surface area (TPSA) is 64.0 Å². The molecule has 0 saturated carbocycles. The Balaban J connectivity index is 2.60. The van der Waals surface area contributed by atoms with Crippen molar-refractivity contribution in [3.05, 3.63) is 0 Å². The van der Waals surface area contributed by atoms with E-state index in [9.17, 15) is 14.8 Å². The van der Waals surface area contributed by atoms with Gasteiger partial charge in [-0.2, -0.15) is 0 Å². The molecule has 0 radical (unpaired) electrons. The maximum absolute atomic E-state index is 10.5. The molecule has 84 valence electrons. The second-order valence-corrected chi connectivity index (χ2v) is 4.05. The van der Waals surface area contributed by atoms with Crippen LogP contribution in [0.15, 0.2) is 0 Å². The molecule has 0 aromatic heterocycles. The molecule has 5 nitrogen and oxygen atoms in total. The molecule has 7 heteroatoms. The van der Waals surface area contributed by atoms with Gasteiger partial charge in [0, 0.05) is 32.1 Å². The van der Waals surface area contributed by atoms with E-state index in [1.54, 1.807) is 13.6 Å². The third-order valence-corrected chi connectivity index (χ3v) is 2.94. The monoisotopic (exact) mass is 212 g/mol. The van der Waals surface area contributed by atoms with Crippen molar-refractivity contribution < 1.29 is 14.8 Å². The molecule has 0 amide bonds. The van der Waals surface area contributed by atoms with Crippen LogP contribution < -0.4 is 0 Å². The first-order valence-corrected chi connectivity index (χ1v) is 5.35. The second-order valence-electron chi connectivity index (χ2n) is 4.05. The predicted octanol–water partition coefficient (Wildman–Crippen LogP) is -1.22. The standard InChI is InChI=1S/C8H18B2N2O3/c1-9(14)11-4-5-12(10(2)15)8(7-11)3-6-13/h6,8,14-15H,3-5,7H2,1-2H3/t8-/m0/s1. The molecule has 1 rings (SSSR count). The molecule has 1 aliphatic heterocycles. The molecule has 2 N–H and O–H groups in total. The van der Waals surface area contributed by atoms with Crippen molar-refractivity contribution >= 4 is 20.4 Å². The Kier molecular flexibility index (Phi) is 4.79. The van der Waals surface area contributed by atoms with Crippen molar-refractivity contribution in [3.8, 4) is 0 Å². The summed E-state index contributed by atoms with van der Waals surface area (Å²) in [5.74, 6) is 0. The molecular weight excluding hydrogens is 194 g/mol.